The first kappa shape index (κ1) is 35.2. The first-order chi connectivity index (χ1) is 19.6. The zero-order chi connectivity index (χ0) is 31.5. The second-order valence-electron chi connectivity index (χ2n) is 13.8. The minimum absolute atomic E-state index is 0.0442. The van der Waals surface area contributed by atoms with Crippen LogP contribution < -0.4 is 0 Å². The van der Waals surface area contributed by atoms with Crippen molar-refractivity contribution in [2.24, 2.45) is 22.7 Å². The standard InChI is InChI=1S/C40H56O2/c1-29(17-13-19-31(3)21-23-35-33(5)37(41)25-27-39(35,7)8)15-11-12-16-30(2)18-14-20-32(4)22-24-36-34(6)38(42)26-28-40(36,9)10/h11-24,33,35,37,41H,25-28H2,1-10H3/b12-11+,17-13+,18-14+,23-21+,24-22+,29-15+,30-16+,31-19+,32-20+/t33-,35-,37-/m0/s1. The molecule has 1 fully saturated rings. The van der Waals surface area contributed by atoms with Crippen LogP contribution >= 0.6 is 0 Å². The van der Waals surface area contributed by atoms with Gasteiger partial charge in [0.05, 0.1) is 6.10 Å². The molecule has 2 heteroatoms. The van der Waals surface area contributed by atoms with Crippen LogP contribution in [0.3, 0.4) is 0 Å². The molecule has 0 aliphatic heterocycles. The number of Topliss-reactive ketones (excluding diaryl/α,β-unsaturated/α-hetero) is 1. The van der Waals surface area contributed by atoms with Gasteiger partial charge in [-0.1, -0.05) is 142 Å². The van der Waals surface area contributed by atoms with E-state index in [9.17, 15) is 9.90 Å². The third-order valence-corrected chi connectivity index (χ3v) is 9.03. The predicted octanol–water partition coefficient (Wildman–Crippen LogP) is 10.7. The van der Waals surface area contributed by atoms with Crippen molar-refractivity contribution in [2.75, 3.05) is 0 Å². The Labute approximate surface area is 257 Å². The molecule has 228 valence electrons. The lowest BCUT2D eigenvalue weighted by Crippen LogP contribution is -2.40. The molecule has 0 aromatic carbocycles. The van der Waals surface area contributed by atoms with E-state index < -0.39 is 0 Å². The summed E-state index contributed by atoms with van der Waals surface area (Å²) in [6.45, 7) is 21.6. The predicted molar refractivity (Wildman–Crippen MR) is 183 cm³/mol. The fourth-order valence-electron chi connectivity index (χ4n) is 5.90. The number of carbonyl (C=O) groups is 1. The van der Waals surface area contributed by atoms with Crippen molar-refractivity contribution in [1.82, 2.24) is 0 Å². The second kappa shape index (κ2) is 16.0. The Kier molecular flexibility index (Phi) is 13.4. The molecule has 42 heavy (non-hydrogen) atoms. The minimum Gasteiger partial charge on any atom is -0.393 e. The third kappa shape index (κ3) is 11.0. The van der Waals surface area contributed by atoms with Crippen LogP contribution in [-0.2, 0) is 4.79 Å². The van der Waals surface area contributed by atoms with Crippen molar-refractivity contribution in [3.8, 4) is 0 Å². The van der Waals surface area contributed by atoms with Crippen molar-refractivity contribution in [3.63, 3.8) is 0 Å². The molecular formula is C40H56O2. The smallest absolute Gasteiger partial charge is 0.158 e. The first-order valence-corrected chi connectivity index (χ1v) is 15.6. The molecule has 0 aromatic rings. The van der Waals surface area contributed by atoms with E-state index in [4.69, 9.17) is 0 Å². The van der Waals surface area contributed by atoms with E-state index in [2.05, 4.69) is 147 Å². The van der Waals surface area contributed by atoms with E-state index in [0.29, 0.717) is 12.3 Å². The maximum atomic E-state index is 12.2. The molecule has 0 radical (unpaired) electrons. The van der Waals surface area contributed by atoms with Gasteiger partial charge in [-0.15, -0.1) is 0 Å². The van der Waals surface area contributed by atoms with Gasteiger partial charge in [0.25, 0.3) is 0 Å². The maximum Gasteiger partial charge on any atom is 0.158 e. The highest BCUT2D eigenvalue weighted by Crippen LogP contribution is 2.45. The van der Waals surface area contributed by atoms with Crippen LogP contribution in [0.15, 0.2) is 119 Å². The number of allylic oxidation sites excluding steroid dienone is 20. The number of hydrogen-bond donors (Lipinski definition) is 1. The van der Waals surface area contributed by atoms with Gasteiger partial charge in [-0.05, 0) is 87.7 Å². The Bertz CT molecular complexity index is 1260. The summed E-state index contributed by atoms with van der Waals surface area (Å²) in [5, 5.41) is 10.3. The summed E-state index contributed by atoms with van der Waals surface area (Å²) in [7, 11) is 0. The summed E-state index contributed by atoms with van der Waals surface area (Å²) in [5.41, 5.74) is 7.06. The Balaban J connectivity index is 1.90. The lowest BCUT2D eigenvalue weighted by atomic mass is 9.63. The van der Waals surface area contributed by atoms with Crippen LogP contribution in [0, 0.1) is 22.7 Å². The Morgan fingerprint density at radius 1 is 0.762 bits per heavy atom. The van der Waals surface area contributed by atoms with Crippen molar-refractivity contribution in [3.05, 3.63) is 119 Å². The Morgan fingerprint density at radius 2 is 1.26 bits per heavy atom. The van der Waals surface area contributed by atoms with Crippen LogP contribution in [-0.4, -0.2) is 17.0 Å². The topological polar surface area (TPSA) is 37.3 Å². The Hall–Kier alpha value is -2.97. The number of aliphatic hydroxyl groups excluding tert-OH is 1. The molecule has 1 N–H and O–H groups in total. The molecule has 0 bridgehead atoms. The molecule has 0 unspecified atom stereocenters. The van der Waals surface area contributed by atoms with E-state index in [1.807, 2.05) is 6.92 Å². The van der Waals surface area contributed by atoms with Gasteiger partial charge in [0.2, 0.25) is 0 Å². The summed E-state index contributed by atoms with van der Waals surface area (Å²) in [6.07, 6.45) is 33.1. The van der Waals surface area contributed by atoms with Crippen LogP contribution in [0.4, 0.5) is 0 Å². The number of aliphatic hydroxyl groups is 1. The summed E-state index contributed by atoms with van der Waals surface area (Å²) < 4.78 is 0. The summed E-state index contributed by atoms with van der Waals surface area (Å²) in [4.78, 5) is 12.2. The highest BCUT2D eigenvalue weighted by Gasteiger charge is 2.39. The molecule has 2 aliphatic carbocycles. The van der Waals surface area contributed by atoms with Crippen molar-refractivity contribution >= 4 is 5.78 Å². The molecule has 0 saturated heterocycles. The van der Waals surface area contributed by atoms with E-state index >= 15 is 0 Å². The molecule has 1 saturated carbocycles. The highest BCUT2D eigenvalue weighted by molar-refractivity contribution is 5.97. The number of carbonyl (C=O) groups excluding carboxylic acids is 1. The van der Waals surface area contributed by atoms with Gasteiger partial charge < -0.3 is 5.11 Å². The number of hydrogen-bond acceptors (Lipinski definition) is 2. The van der Waals surface area contributed by atoms with E-state index in [1.165, 1.54) is 16.7 Å². The van der Waals surface area contributed by atoms with Gasteiger partial charge in [-0.2, -0.15) is 0 Å². The highest BCUT2D eigenvalue weighted by atomic mass is 16.3. The molecule has 0 heterocycles. The molecule has 2 aliphatic rings. The largest absolute Gasteiger partial charge is 0.393 e. The fourth-order valence-corrected chi connectivity index (χ4v) is 5.90. The zero-order valence-electron chi connectivity index (χ0n) is 28.0. The molecule has 2 rings (SSSR count). The average Bonchev–Trinajstić information content (AvgIpc) is 2.91. The van der Waals surface area contributed by atoms with Crippen molar-refractivity contribution < 1.29 is 9.90 Å². The molecule has 0 amide bonds. The van der Waals surface area contributed by atoms with E-state index in [-0.39, 0.29) is 28.6 Å². The fraction of sp³-hybridized carbons (Fsp3) is 0.475. The summed E-state index contributed by atoms with van der Waals surface area (Å²) in [5.74, 6) is 0.950. The van der Waals surface area contributed by atoms with E-state index in [1.54, 1.807) is 0 Å². The summed E-state index contributed by atoms with van der Waals surface area (Å²) >= 11 is 0. The average molecular weight is 569 g/mol. The lowest BCUT2D eigenvalue weighted by molar-refractivity contribution is -0.116. The van der Waals surface area contributed by atoms with Crippen LogP contribution in [0.1, 0.15) is 94.9 Å². The maximum absolute atomic E-state index is 12.2. The van der Waals surface area contributed by atoms with Gasteiger partial charge >= 0.3 is 0 Å². The lowest BCUT2D eigenvalue weighted by Gasteiger charge is -2.44. The van der Waals surface area contributed by atoms with E-state index in [0.717, 1.165) is 36.0 Å². The van der Waals surface area contributed by atoms with Crippen molar-refractivity contribution in [2.45, 2.75) is 101 Å². The SMILES string of the molecule is CC1=C(/C=C/C(C)=C/C=C/C(C)=C/C=C/C=C(C)/C=C/C=C(C)/C=C/[C@H]2[C@H](C)[C@@H](O)CCC2(C)C)C(C)(C)CCC1=O. The van der Waals surface area contributed by atoms with Crippen LogP contribution in [0.5, 0.6) is 0 Å². The van der Waals surface area contributed by atoms with Crippen LogP contribution in [0.2, 0.25) is 0 Å². The molecule has 0 aromatic heterocycles. The molecule has 3 atom stereocenters. The van der Waals surface area contributed by atoms with Gasteiger partial charge in [0, 0.05) is 6.42 Å². The monoisotopic (exact) mass is 568 g/mol. The quantitative estimate of drug-likeness (QED) is 0.266. The molecular weight excluding hydrogens is 512 g/mol. The normalized spacial score (nSPS) is 26.7. The summed E-state index contributed by atoms with van der Waals surface area (Å²) in [6, 6.07) is 0. The zero-order valence-corrected chi connectivity index (χ0v) is 28.0. The molecule has 2 nitrogen and oxygen atoms in total. The van der Waals surface area contributed by atoms with Crippen molar-refractivity contribution in [1.29, 1.82) is 0 Å². The van der Waals surface area contributed by atoms with Crippen LogP contribution in [0.25, 0.3) is 0 Å². The third-order valence-electron chi connectivity index (χ3n) is 9.03. The molecule has 0 spiro atoms. The first-order valence-electron chi connectivity index (χ1n) is 15.6. The van der Waals surface area contributed by atoms with Gasteiger partial charge in [0.1, 0.15) is 0 Å². The van der Waals surface area contributed by atoms with Gasteiger partial charge in [0.15, 0.2) is 5.78 Å². The second-order valence-corrected chi connectivity index (χ2v) is 13.8. The number of ketones is 1. The van der Waals surface area contributed by atoms with Gasteiger partial charge in [-0.3, -0.25) is 4.79 Å². The van der Waals surface area contributed by atoms with Gasteiger partial charge in [-0.25, -0.2) is 0 Å². The number of rotatable bonds is 10. The minimum atomic E-state index is -0.197. The Morgan fingerprint density at radius 3 is 1.83 bits per heavy atom.